The number of aliphatic hydroxyl groups is 1. The van der Waals surface area contributed by atoms with Gasteiger partial charge in [-0.15, -0.1) is 0 Å². The van der Waals surface area contributed by atoms with Crippen molar-refractivity contribution in [3.8, 4) is 5.69 Å². The van der Waals surface area contributed by atoms with Gasteiger partial charge in [0.05, 0.1) is 11.0 Å². The molecule has 1 saturated heterocycles. The van der Waals surface area contributed by atoms with Crippen LogP contribution in [0.3, 0.4) is 0 Å². The van der Waals surface area contributed by atoms with Crippen LogP contribution in [0.25, 0.3) is 16.7 Å². The van der Waals surface area contributed by atoms with Crippen molar-refractivity contribution in [2.24, 2.45) is 5.92 Å². The topological polar surface area (TPSA) is 58.4 Å². The summed E-state index contributed by atoms with van der Waals surface area (Å²) in [6.45, 7) is 3.45. The number of amides is 1. The number of hydrogen-bond donors (Lipinski definition) is 1. The van der Waals surface area contributed by atoms with Crippen molar-refractivity contribution in [2.45, 2.75) is 13.3 Å². The van der Waals surface area contributed by atoms with Gasteiger partial charge in [0.1, 0.15) is 5.82 Å². The Hall–Kier alpha value is -2.66. The van der Waals surface area contributed by atoms with E-state index in [1.807, 2.05) is 60.4 Å². The van der Waals surface area contributed by atoms with E-state index in [0.717, 1.165) is 29.0 Å². The summed E-state index contributed by atoms with van der Waals surface area (Å²) in [5, 5.41) is 9.27. The highest BCUT2D eigenvalue weighted by Crippen LogP contribution is 2.24. The Labute approximate surface area is 146 Å². The number of imidazole rings is 1. The van der Waals surface area contributed by atoms with Gasteiger partial charge in [0.2, 0.25) is 0 Å². The number of rotatable bonds is 3. The first kappa shape index (κ1) is 15.8. The van der Waals surface area contributed by atoms with Crippen molar-refractivity contribution < 1.29 is 9.90 Å². The smallest absolute Gasteiger partial charge is 0.253 e. The zero-order valence-electron chi connectivity index (χ0n) is 14.2. The average Bonchev–Trinajstić information content (AvgIpc) is 3.24. The van der Waals surface area contributed by atoms with Crippen LogP contribution in [0.5, 0.6) is 0 Å². The fraction of sp³-hybridized carbons (Fsp3) is 0.300. The predicted molar refractivity (Wildman–Crippen MR) is 96.9 cm³/mol. The number of benzene rings is 2. The van der Waals surface area contributed by atoms with Crippen LogP contribution >= 0.6 is 0 Å². The van der Waals surface area contributed by atoms with E-state index in [0.29, 0.717) is 18.7 Å². The van der Waals surface area contributed by atoms with E-state index in [9.17, 15) is 9.90 Å². The van der Waals surface area contributed by atoms with Crippen LogP contribution in [0.2, 0.25) is 0 Å². The van der Waals surface area contributed by atoms with Crippen molar-refractivity contribution in [2.75, 3.05) is 19.7 Å². The lowest BCUT2D eigenvalue weighted by molar-refractivity contribution is 0.0782. The Kier molecular flexibility index (Phi) is 4.01. The Morgan fingerprint density at radius 1 is 1.24 bits per heavy atom. The molecule has 5 heteroatoms. The van der Waals surface area contributed by atoms with Gasteiger partial charge >= 0.3 is 0 Å². The van der Waals surface area contributed by atoms with Crippen molar-refractivity contribution in [1.29, 1.82) is 0 Å². The summed E-state index contributed by atoms with van der Waals surface area (Å²) in [6, 6.07) is 15.8. The Bertz CT molecular complexity index is 917. The molecule has 2 heterocycles. The molecule has 1 aliphatic rings. The molecule has 1 atom stereocenters. The summed E-state index contributed by atoms with van der Waals surface area (Å²) < 4.78 is 2.10. The maximum absolute atomic E-state index is 12.7. The number of nitrogens with zero attached hydrogens (tertiary/aromatic N) is 3. The van der Waals surface area contributed by atoms with Gasteiger partial charge < -0.3 is 10.0 Å². The highest BCUT2D eigenvalue weighted by molar-refractivity contribution is 5.97. The molecule has 25 heavy (non-hydrogen) atoms. The minimum absolute atomic E-state index is 0.0183. The summed E-state index contributed by atoms with van der Waals surface area (Å²) in [7, 11) is 0. The summed E-state index contributed by atoms with van der Waals surface area (Å²) in [6.07, 6.45) is 0.867. The predicted octanol–water partition coefficient (Wildman–Crippen LogP) is 2.79. The molecule has 1 aliphatic heterocycles. The van der Waals surface area contributed by atoms with Crippen molar-refractivity contribution >= 4 is 16.9 Å². The minimum atomic E-state index is 0.0183. The summed E-state index contributed by atoms with van der Waals surface area (Å²) in [5.41, 5.74) is 3.54. The molecular formula is C20H21N3O2. The maximum Gasteiger partial charge on any atom is 0.253 e. The lowest BCUT2D eigenvalue weighted by Gasteiger charge is -2.16. The lowest BCUT2D eigenvalue weighted by atomic mass is 10.1. The molecule has 2 aromatic carbocycles. The van der Waals surface area contributed by atoms with Gasteiger partial charge in [0, 0.05) is 36.9 Å². The largest absolute Gasteiger partial charge is 0.396 e. The molecular weight excluding hydrogens is 314 g/mol. The lowest BCUT2D eigenvalue weighted by Crippen LogP contribution is -2.29. The number of fused-ring (bicyclic) bond motifs is 1. The third-order valence-electron chi connectivity index (χ3n) is 4.91. The molecule has 4 rings (SSSR count). The average molecular weight is 335 g/mol. The van der Waals surface area contributed by atoms with Crippen LogP contribution in [0.4, 0.5) is 0 Å². The number of carbonyl (C=O) groups excluding carboxylic acids is 1. The van der Waals surface area contributed by atoms with Gasteiger partial charge in [-0.25, -0.2) is 4.98 Å². The molecule has 0 radical (unpaired) electrons. The van der Waals surface area contributed by atoms with Crippen molar-refractivity contribution in [1.82, 2.24) is 14.5 Å². The van der Waals surface area contributed by atoms with E-state index in [1.54, 1.807) is 0 Å². The molecule has 128 valence electrons. The Morgan fingerprint density at radius 2 is 2.04 bits per heavy atom. The van der Waals surface area contributed by atoms with E-state index in [-0.39, 0.29) is 18.4 Å². The van der Waals surface area contributed by atoms with Crippen molar-refractivity contribution in [3.63, 3.8) is 0 Å². The van der Waals surface area contributed by atoms with Crippen LogP contribution < -0.4 is 0 Å². The Morgan fingerprint density at radius 3 is 2.76 bits per heavy atom. The fourth-order valence-corrected chi connectivity index (χ4v) is 3.59. The van der Waals surface area contributed by atoms with Gasteiger partial charge in [-0.1, -0.05) is 18.2 Å². The van der Waals surface area contributed by atoms with E-state index < -0.39 is 0 Å². The molecule has 1 aromatic heterocycles. The molecule has 1 fully saturated rings. The molecule has 0 aliphatic carbocycles. The quantitative estimate of drug-likeness (QED) is 0.801. The van der Waals surface area contributed by atoms with Crippen LogP contribution in [-0.4, -0.2) is 45.2 Å². The Balaban J connectivity index is 1.69. The summed E-state index contributed by atoms with van der Waals surface area (Å²) in [4.78, 5) is 19.2. The van der Waals surface area contributed by atoms with Crippen LogP contribution in [0.15, 0.2) is 48.5 Å². The molecule has 0 spiro atoms. The second-order valence-corrected chi connectivity index (χ2v) is 6.62. The zero-order chi connectivity index (χ0) is 17.4. The van der Waals surface area contributed by atoms with E-state index >= 15 is 0 Å². The highest BCUT2D eigenvalue weighted by atomic mass is 16.3. The molecule has 1 N–H and O–H groups in total. The molecule has 1 amide bonds. The van der Waals surface area contributed by atoms with E-state index in [4.69, 9.17) is 0 Å². The number of aliphatic hydroxyl groups excluding tert-OH is 1. The third-order valence-corrected chi connectivity index (χ3v) is 4.91. The summed E-state index contributed by atoms with van der Waals surface area (Å²) in [5.74, 6) is 1.12. The first-order valence-corrected chi connectivity index (χ1v) is 8.62. The SMILES string of the molecule is Cc1nc2cc(C(=O)N3CCC(CO)C3)ccc2n1-c1ccccc1. The summed E-state index contributed by atoms with van der Waals surface area (Å²) >= 11 is 0. The van der Waals surface area contributed by atoms with Crippen LogP contribution in [0, 0.1) is 12.8 Å². The number of aryl methyl sites for hydroxylation is 1. The van der Waals surface area contributed by atoms with E-state index in [2.05, 4.69) is 9.55 Å². The number of likely N-dealkylation sites (tertiary alicyclic amines) is 1. The molecule has 5 nitrogen and oxygen atoms in total. The second-order valence-electron chi connectivity index (χ2n) is 6.62. The van der Waals surface area contributed by atoms with Gasteiger partial charge in [0.15, 0.2) is 0 Å². The van der Waals surface area contributed by atoms with Gasteiger partial charge in [-0.05, 0) is 43.7 Å². The monoisotopic (exact) mass is 335 g/mol. The normalized spacial score (nSPS) is 17.4. The first-order chi connectivity index (χ1) is 12.2. The fourth-order valence-electron chi connectivity index (χ4n) is 3.59. The third kappa shape index (κ3) is 2.81. The highest BCUT2D eigenvalue weighted by Gasteiger charge is 2.26. The first-order valence-electron chi connectivity index (χ1n) is 8.62. The maximum atomic E-state index is 12.7. The number of para-hydroxylation sites is 1. The molecule has 1 unspecified atom stereocenters. The van der Waals surface area contributed by atoms with Gasteiger partial charge in [-0.2, -0.15) is 0 Å². The molecule has 0 bridgehead atoms. The zero-order valence-corrected chi connectivity index (χ0v) is 14.2. The molecule has 3 aromatic rings. The van der Waals surface area contributed by atoms with Gasteiger partial charge in [-0.3, -0.25) is 9.36 Å². The number of hydrogen-bond acceptors (Lipinski definition) is 3. The van der Waals surface area contributed by atoms with E-state index in [1.165, 1.54) is 0 Å². The van der Waals surface area contributed by atoms with Gasteiger partial charge in [0.25, 0.3) is 5.91 Å². The van der Waals surface area contributed by atoms with Crippen LogP contribution in [-0.2, 0) is 0 Å². The second kappa shape index (κ2) is 6.33. The van der Waals surface area contributed by atoms with Crippen molar-refractivity contribution in [3.05, 3.63) is 59.9 Å². The number of carbonyl (C=O) groups is 1. The standard InChI is InChI=1S/C20H21N3O2/c1-14-21-18-11-16(20(25)22-10-9-15(12-22)13-24)7-8-19(18)23(14)17-5-3-2-4-6-17/h2-8,11,15,24H,9-10,12-13H2,1H3. The minimum Gasteiger partial charge on any atom is -0.396 e. The van der Waals surface area contributed by atoms with Crippen LogP contribution in [0.1, 0.15) is 22.6 Å². The molecule has 0 saturated carbocycles. The number of aromatic nitrogens is 2.